The lowest BCUT2D eigenvalue weighted by molar-refractivity contribution is -0.137. The number of halogens is 4. The van der Waals surface area contributed by atoms with Crippen molar-refractivity contribution < 1.29 is 17.6 Å². The Bertz CT molecular complexity index is 607. The molecule has 1 N–H and O–H groups in total. The number of nitrogens with zero attached hydrogens (tertiary/aromatic N) is 1. The van der Waals surface area contributed by atoms with Crippen molar-refractivity contribution in [3.05, 3.63) is 40.7 Å². The minimum absolute atomic E-state index is 0.176. The number of nitrogens with one attached hydrogen (secondary N) is 1. The number of hydrogen-bond donors (Lipinski definition) is 1. The van der Waals surface area contributed by atoms with Crippen LogP contribution in [0, 0.1) is 5.82 Å². The lowest BCUT2D eigenvalue weighted by Gasteiger charge is -2.10. The Kier molecular flexibility index (Phi) is 4.95. The highest BCUT2D eigenvalue weighted by atomic mass is 32.1. The van der Waals surface area contributed by atoms with Crippen molar-refractivity contribution >= 4 is 11.3 Å². The molecule has 1 aromatic carbocycles. The first-order valence-electron chi connectivity index (χ1n) is 6.44. The molecule has 1 aromatic heterocycles. The normalized spacial score (nSPS) is 11.9. The van der Waals surface area contributed by atoms with Crippen molar-refractivity contribution in [3.8, 4) is 10.6 Å². The van der Waals surface area contributed by atoms with E-state index in [-0.39, 0.29) is 10.6 Å². The topological polar surface area (TPSA) is 24.9 Å². The third-order valence-electron chi connectivity index (χ3n) is 2.80. The number of benzene rings is 1. The quantitative estimate of drug-likeness (QED) is 0.650. The highest BCUT2D eigenvalue weighted by Crippen LogP contribution is 2.38. The van der Waals surface area contributed by atoms with Gasteiger partial charge in [-0.2, -0.15) is 13.2 Å². The molecule has 114 valence electrons. The second-order valence-electron chi connectivity index (χ2n) is 4.50. The van der Waals surface area contributed by atoms with Crippen LogP contribution in [0.3, 0.4) is 0 Å². The number of alkyl halides is 3. The molecule has 0 spiro atoms. The van der Waals surface area contributed by atoms with E-state index in [1.54, 1.807) is 0 Å². The van der Waals surface area contributed by atoms with Gasteiger partial charge >= 0.3 is 6.18 Å². The first-order chi connectivity index (χ1) is 9.91. The van der Waals surface area contributed by atoms with Crippen molar-refractivity contribution in [2.75, 3.05) is 6.54 Å². The predicted molar refractivity (Wildman–Crippen MR) is 74.5 cm³/mol. The summed E-state index contributed by atoms with van der Waals surface area (Å²) in [5, 5.41) is 3.32. The predicted octanol–water partition coefficient (Wildman–Crippen LogP) is 4.47. The minimum Gasteiger partial charge on any atom is -0.312 e. The molecular weight excluding hydrogens is 304 g/mol. The number of aromatic nitrogens is 1. The van der Waals surface area contributed by atoms with Gasteiger partial charge in [0, 0.05) is 23.2 Å². The minimum atomic E-state index is -4.53. The summed E-state index contributed by atoms with van der Waals surface area (Å²) in [6, 6.07) is 2.44. The summed E-state index contributed by atoms with van der Waals surface area (Å²) >= 11 is 1.14. The summed E-state index contributed by atoms with van der Waals surface area (Å²) in [5.41, 5.74) is -1.08. The summed E-state index contributed by atoms with van der Waals surface area (Å²) in [5.74, 6) is -0.709. The molecule has 0 bridgehead atoms. The monoisotopic (exact) mass is 318 g/mol. The molecule has 2 aromatic rings. The lowest BCUT2D eigenvalue weighted by atomic mass is 10.1. The van der Waals surface area contributed by atoms with Crippen molar-refractivity contribution in [3.63, 3.8) is 0 Å². The average molecular weight is 318 g/mol. The molecule has 0 aliphatic carbocycles. The molecule has 2 nitrogen and oxygen atoms in total. The Morgan fingerprint density at radius 3 is 2.71 bits per heavy atom. The van der Waals surface area contributed by atoms with E-state index in [2.05, 4.69) is 10.3 Å². The first kappa shape index (κ1) is 15.9. The molecule has 0 unspecified atom stereocenters. The maximum absolute atomic E-state index is 13.3. The van der Waals surface area contributed by atoms with Gasteiger partial charge in [0.05, 0.1) is 5.56 Å². The van der Waals surface area contributed by atoms with Crippen LogP contribution in [0.1, 0.15) is 23.8 Å². The van der Waals surface area contributed by atoms with E-state index >= 15 is 0 Å². The van der Waals surface area contributed by atoms with Gasteiger partial charge in [0.1, 0.15) is 10.8 Å². The fourth-order valence-corrected chi connectivity index (χ4v) is 2.75. The van der Waals surface area contributed by atoms with Gasteiger partial charge in [0.2, 0.25) is 0 Å². The van der Waals surface area contributed by atoms with Crippen LogP contribution in [0.15, 0.2) is 24.4 Å². The zero-order chi connectivity index (χ0) is 15.5. The molecular formula is C14H14F4N2S. The Hall–Kier alpha value is -1.47. The summed E-state index contributed by atoms with van der Waals surface area (Å²) in [7, 11) is 0. The summed E-state index contributed by atoms with van der Waals surface area (Å²) in [4.78, 5) is 4.81. The van der Waals surface area contributed by atoms with Crippen molar-refractivity contribution in [1.29, 1.82) is 0 Å². The van der Waals surface area contributed by atoms with Gasteiger partial charge in [0.25, 0.3) is 0 Å². The number of thiazole rings is 1. The van der Waals surface area contributed by atoms with E-state index in [4.69, 9.17) is 0 Å². The molecule has 0 fully saturated rings. The van der Waals surface area contributed by atoms with Crippen LogP contribution in [0.2, 0.25) is 0 Å². The van der Waals surface area contributed by atoms with E-state index in [0.717, 1.165) is 47.4 Å². The number of rotatable bonds is 5. The Labute approximate surface area is 123 Å². The maximum Gasteiger partial charge on any atom is 0.417 e. The lowest BCUT2D eigenvalue weighted by Crippen LogP contribution is -2.12. The van der Waals surface area contributed by atoms with Crippen molar-refractivity contribution in [2.24, 2.45) is 0 Å². The number of hydrogen-bond acceptors (Lipinski definition) is 3. The third-order valence-corrected chi connectivity index (χ3v) is 3.83. The van der Waals surface area contributed by atoms with Crippen LogP contribution in [-0.4, -0.2) is 11.5 Å². The fourth-order valence-electron chi connectivity index (χ4n) is 1.84. The van der Waals surface area contributed by atoms with Crippen molar-refractivity contribution in [2.45, 2.75) is 26.1 Å². The summed E-state index contributed by atoms with van der Waals surface area (Å²) in [6.45, 7) is 3.39. The van der Waals surface area contributed by atoms with Gasteiger partial charge in [-0.05, 0) is 31.2 Å². The second-order valence-corrected chi connectivity index (χ2v) is 5.61. The molecule has 21 heavy (non-hydrogen) atoms. The average Bonchev–Trinajstić information content (AvgIpc) is 2.86. The van der Waals surface area contributed by atoms with E-state index in [1.807, 2.05) is 6.92 Å². The molecule has 0 atom stereocenters. The maximum atomic E-state index is 13.3. The molecule has 0 saturated heterocycles. The van der Waals surface area contributed by atoms with Crippen LogP contribution < -0.4 is 5.32 Å². The molecule has 2 rings (SSSR count). The van der Waals surface area contributed by atoms with E-state index in [1.165, 1.54) is 6.20 Å². The Morgan fingerprint density at radius 1 is 1.29 bits per heavy atom. The first-order valence-corrected chi connectivity index (χ1v) is 7.26. The zero-order valence-electron chi connectivity index (χ0n) is 11.3. The smallest absolute Gasteiger partial charge is 0.312 e. The Morgan fingerprint density at radius 2 is 2.05 bits per heavy atom. The van der Waals surface area contributed by atoms with E-state index < -0.39 is 17.6 Å². The van der Waals surface area contributed by atoms with Gasteiger partial charge < -0.3 is 5.32 Å². The van der Waals surface area contributed by atoms with Gasteiger partial charge in [0.15, 0.2) is 0 Å². The molecule has 0 aliphatic rings. The highest BCUT2D eigenvalue weighted by Gasteiger charge is 2.34. The largest absolute Gasteiger partial charge is 0.417 e. The van der Waals surface area contributed by atoms with Gasteiger partial charge in [-0.1, -0.05) is 6.92 Å². The SMILES string of the molecule is CCCNCc1cnc(-c2cc(F)ccc2C(F)(F)F)s1. The third kappa shape index (κ3) is 4.01. The molecule has 0 saturated carbocycles. The molecule has 1 heterocycles. The van der Waals surface area contributed by atoms with Crippen LogP contribution >= 0.6 is 11.3 Å². The summed E-state index contributed by atoms with van der Waals surface area (Å²) in [6.07, 6.45) is -2.04. The molecule has 0 radical (unpaired) electrons. The van der Waals surface area contributed by atoms with E-state index in [0.29, 0.717) is 6.54 Å². The fraction of sp³-hybridized carbons (Fsp3) is 0.357. The molecule has 7 heteroatoms. The van der Waals surface area contributed by atoms with Crippen LogP contribution in [0.25, 0.3) is 10.6 Å². The summed E-state index contributed by atoms with van der Waals surface area (Å²) < 4.78 is 52.2. The Balaban J connectivity index is 2.31. The molecule has 0 aliphatic heterocycles. The molecule has 0 amide bonds. The zero-order valence-corrected chi connectivity index (χ0v) is 12.1. The standard InChI is InChI=1S/C14H14F4N2S/c1-2-5-19-7-10-8-20-13(21-10)11-6-9(15)3-4-12(11)14(16,17)18/h3-4,6,8,19H,2,5,7H2,1H3. The van der Waals surface area contributed by atoms with Gasteiger partial charge in [-0.15, -0.1) is 11.3 Å². The van der Waals surface area contributed by atoms with Gasteiger partial charge in [-0.3, -0.25) is 0 Å². The van der Waals surface area contributed by atoms with Gasteiger partial charge in [-0.25, -0.2) is 9.37 Å². The van der Waals surface area contributed by atoms with Crippen molar-refractivity contribution in [1.82, 2.24) is 10.3 Å². The highest BCUT2D eigenvalue weighted by molar-refractivity contribution is 7.15. The van der Waals surface area contributed by atoms with Crippen LogP contribution in [0.4, 0.5) is 17.6 Å². The van der Waals surface area contributed by atoms with Crippen LogP contribution in [-0.2, 0) is 12.7 Å². The van der Waals surface area contributed by atoms with E-state index in [9.17, 15) is 17.6 Å². The van der Waals surface area contributed by atoms with Crippen LogP contribution in [0.5, 0.6) is 0 Å². The second kappa shape index (κ2) is 6.53.